The molecule has 1 N–H and O–H groups in total. The van der Waals surface area contributed by atoms with Crippen LogP contribution in [0.1, 0.15) is 32.6 Å². The summed E-state index contributed by atoms with van der Waals surface area (Å²) in [4.78, 5) is 16.5. The number of carbonyl (C=O) groups is 1. The number of aliphatic imine (C=N–C) groups is 1. The average Bonchev–Trinajstić information content (AvgIpc) is 2.95. The minimum absolute atomic E-state index is 0.0133. The van der Waals surface area contributed by atoms with Crippen LogP contribution in [-0.4, -0.2) is 21.9 Å². The van der Waals surface area contributed by atoms with Crippen molar-refractivity contribution < 1.29 is 4.79 Å². The summed E-state index contributed by atoms with van der Waals surface area (Å²) >= 11 is 1.51. The van der Waals surface area contributed by atoms with E-state index in [4.69, 9.17) is 4.99 Å². The molecule has 17 heavy (non-hydrogen) atoms. The van der Waals surface area contributed by atoms with Crippen LogP contribution >= 0.6 is 11.8 Å². The van der Waals surface area contributed by atoms with Crippen molar-refractivity contribution in [2.75, 3.05) is 0 Å². The van der Waals surface area contributed by atoms with Crippen molar-refractivity contribution in [2.24, 2.45) is 16.8 Å². The van der Waals surface area contributed by atoms with Crippen LogP contribution in [0.15, 0.2) is 17.6 Å². The molecule has 1 saturated heterocycles. The molecule has 2 bridgehead atoms. The molecule has 4 unspecified atom stereocenters. The molecule has 1 aliphatic heterocycles. The van der Waals surface area contributed by atoms with Crippen molar-refractivity contribution in [3.05, 3.63) is 12.7 Å². The zero-order valence-electron chi connectivity index (χ0n) is 10.1. The van der Waals surface area contributed by atoms with Crippen LogP contribution in [-0.2, 0) is 4.79 Å². The molecule has 3 nitrogen and oxygen atoms in total. The number of thioether (sulfide) groups is 1. The van der Waals surface area contributed by atoms with Gasteiger partial charge >= 0.3 is 0 Å². The molecule has 0 aromatic heterocycles. The Bertz CT molecular complexity index is 406. The second-order valence-electron chi connectivity index (χ2n) is 5.54. The summed E-state index contributed by atoms with van der Waals surface area (Å²) in [7, 11) is 0. The van der Waals surface area contributed by atoms with Crippen LogP contribution in [0.5, 0.6) is 0 Å². The van der Waals surface area contributed by atoms with Gasteiger partial charge < -0.3 is 5.32 Å². The lowest BCUT2D eigenvalue weighted by Crippen LogP contribution is -2.32. The lowest BCUT2D eigenvalue weighted by Gasteiger charge is -2.18. The Labute approximate surface area is 106 Å². The topological polar surface area (TPSA) is 41.5 Å². The van der Waals surface area contributed by atoms with Gasteiger partial charge in [0, 0.05) is 0 Å². The van der Waals surface area contributed by atoms with Gasteiger partial charge in [-0.3, -0.25) is 9.79 Å². The average molecular weight is 250 g/mol. The van der Waals surface area contributed by atoms with Crippen LogP contribution < -0.4 is 5.32 Å². The van der Waals surface area contributed by atoms with E-state index in [2.05, 4.69) is 11.9 Å². The molecule has 0 radical (unpaired) electrons. The van der Waals surface area contributed by atoms with Gasteiger partial charge in [0.15, 0.2) is 5.17 Å². The molecule has 0 spiro atoms. The van der Waals surface area contributed by atoms with Gasteiger partial charge in [-0.25, -0.2) is 0 Å². The largest absolute Gasteiger partial charge is 0.304 e. The van der Waals surface area contributed by atoms with E-state index in [0.717, 1.165) is 17.0 Å². The SMILES string of the molecule is C=CC1(C)SC(=NC2CC3CCC2C3)NC1=O. The summed E-state index contributed by atoms with van der Waals surface area (Å²) in [6, 6.07) is 0.448. The lowest BCUT2D eigenvalue weighted by atomic mass is 9.96. The fourth-order valence-corrected chi connectivity index (χ4v) is 4.17. The predicted octanol–water partition coefficient (Wildman–Crippen LogP) is 2.34. The highest BCUT2D eigenvalue weighted by Gasteiger charge is 2.43. The first kappa shape index (κ1) is 11.3. The van der Waals surface area contributed by atoms with Gasteiger partial charge in [0.25, 0.3) is 0 Å². The quantitative estimate of drug-likeness (QED) is 0.764. The van der Waals surface area contributed by atoms with E-state index in [9.17, 15) is 4.79 Å². The van der Waals surface area contributed by atoms with E-state index in [-0.39, 0.29) is 5.91 Å². The number of rotatable bonds is 2. The monoisotopic (exact) mass is 250 g/mol. The number of hydrogen-bond acceptors (Lipinski definition) is 3. The molecule has 0 aromatic rings. The smallest absolute Gasteiger partial charge is 0.246 e. The van der Waals surface area contributed by atoms with Crippen LogP contribution in [0.4, 0.5) is 0 Å². The van der Waals surface area contributed by atoms with Crippen molar-refractivity contribution in [1.29, 1.82) is 0 Å². The summed E-state index contributed by atoms with van der Waals surface area (Å²) < 4.78 is -0.531. The highest BCUT2D eigenvalue weighted by Crippen LogP contribution is 2.46. The molecule has 2 saturated carbocycles. The minimum atomic E-state index is -0.531. The molecule has 3 aliphatic rings. The van der Waals surface area contributed by atoms with Crippen molar-refractivity contribution in [3.63, 3.8) is 0 Å². The van der Waals surface area contributed by atoms with E-state index in [1.807, 2.05) is 6.92 Å². The maximum Gasteiger partial charge on any atom is 0.246 e. The molecule has 92 valence electrons. The van der Waals surface area contributed by atoms with Crippen molar-refractivity contribution in [1.82, 2.24) is 5.32 Å². The van der Waals surface area contributed by atoms with Gasteiger partial charge in [0.2, 0.25) is 5.91 Å². The molecule has 3 rings (SSSR count). The number of nitrogens with zero attached hydrogens (tertiary/aromatic N) is 1. The van der Waals surface area contributed by atoms with Gasteiger partial charge in [-0.15, -0.1) is 6.58 Å². The summed E-state index contributed by atoms with van der Waals surface area (Å²) in [5.74, 6) is 1.67. The maximum atomic E-state index is 11.8. The number of amidine groups is 1. The number of hydrogen-bond donors (Lipinski definition) is 1. The van der Waals surface area contributed by atoms with E-state index < -0.39 is 4.75 Å². The Morgan fingerprint density at radius 2 is 2.35 bits per heavy atom. The number of fused-ring (bicyclic) bond motifs is 2. The normalized spacial score (nSPS) is 46.5. The minimum Gasteiger partial charge on any atom is -0.304 e. The molecule has 1 amide bonds. The molecule has 2 aliphatic carbocycles. The van der Waals surface area contributed by atoms with E-state index in [1.54, 1.807) is 6.08 Å². The zero-order chi connectivity index (χ0) is 12.0. The summed E-state index contributed by atoms with van der Waals surface area (Å²) in [5.41, 5.74) is 0. The first-order valence-electron chi connectivity index (χ1n) is 6.32. The zero-order valence-corrected chi connectivity index (χ0v) is 10.9. The molecule has 3 fully saturated rings. The fraction of sp³-hybridized carbons (Fsp3) is 0.692. The van der Waals surface area contributed by atoms with Gasteiger partial charge in [-0.1, -0.05) is 24.3 Å². The fourth-order valence-electron chi connectivity index (χ4n) is 3.21. The Morgan fingerprint density at radius 3 is 2.88 bits per heavy atom. The molecule has 1 heterocycles. The molecular formula is C13H18N2OS. The Balaban J connectivity index is 1.74. The van der Waals surface area contributed by atoms with Crippen molar-refractivity contribution in [3.8, 4) is 0 Å². The van der Waals surface area contributed by atoms with Crippen molar-refractivity contribution in [2.45, 2.75) is 43.4 Å². The highest BCUT2D eigenvalue weighted by atomic mass is 32.2. The standard InChI is InChI=1S/C13H18N2OS/c1-3-13(2)11(16)15-12(17-13)14-10-7-8-4-5-9(10)6-8/h3,8-10H,1,4-7H2,2H3,(H,14,15,16). The number of nitrogens with one attached hydrogen (secondary N) is 1. The predicted molar refractivity (Wildman–Crippen MR) is 71.0 cm³/mol. The van der Waals surface area contributed by atoms with Gasteiger partial charge in [-0.05, 0) is 38.0 Å². The third-order valence-electron chi connectivity index (χ3n) is 4.35. The van der Waals surface area contributed by atoms with Crippen LogP contribution in [0.3, 0.4) is 0 Å². The van der Waals surface area contributed by atoms with Crippen LogP contribution in [0.2, 0.25) is 0 Å². The second-order valence-corrected chi connectivity index (χ2v) is 6.98. The van der Waals surface area contributed by atoms with Crippen LogP contribution in [0.25, 0.3) is 0 Å². The lowest BCUT2D eigenvalue weighted by molar-refractivity contribution is -0.120. The number of amides is 1. The maximum absolute atomic E-state index is 11.8. The van der Waals surface area contributed by atoms with E-state index in [1.165, 1.54) is 37.4 Å². The van der Waals surface area contributed by atoms with Gasteiger partial charge in [0.1, 0.15) is 4.75 Å². The van der Waals surface area contributed by atoms with E-state index >= 15 is 0 Å². The first-order valence-corrected chi connectivity index (χ1v) is 7.14. The molecule has 4 atom stereocenters. The Kier molecular flexibility index (Phi) is 2.58. The summed E-state index contributed by atoms with van der Waals surface area (Å²) in [6.45, 7) is 5.62. The van der Waals surface area contributed by atoms with Crippen molar-refractivity contribution >= 4 is 22.8 Å². The Morgan fingerprint density at radius 1 is 1.53 bits per heavy atom. The van der Waals surface area contributed by atoms with E-state index in [0.29, 0.717) is 6.04 Å². The second kappa shape index (κ2) is 3.87. The third-order valence-corrected chi connectivity index (χ3v) is 5.53. The Hall–Kier alpha value is -0.770. The van der Waals surface area contributed by atoms with Gasteiger partial charge in [-0.2, -0.15) is 0 Å². The van der Waals surface area contributed by atoms with Crippen LogP contribution in [0, 0.1) is 11.8 Å². The first-order chi connectivity index (χ1) is 8.10. The third kappa shape index (κ3) is 1.82. The van der Waals surface area contributed by atoms with Gasteiger partial charge in [0.05, 0.1) is 6.04 Å². The molecule has 0 aromatic carbocycles. The molecular weight excluding hydrogens is 232 g/mol. The summed E-state index contributed by atoms with van der Waals surface area (Å²) in [5, 5.41) is 3.69. The highest BCUT2D eigenvalue weighted by molar-refractivity contribution is 8.16. The number of carbonyl (C=O) groups excluding carboxylic acids is 1. The molecule has 4 heteroatoms. The summed E-state index contributed by atoms with van der Waals surface area (Å²) in [6.07, 6.45) is 6.98.